The van der Waals surface area contributed by atoms with E-state index in [-0.39, 0.29) is 53.4 Å². The molecule has 0 aliphatic carbocycles. The Hall–Kier alpha value is -2.89. The monoisotopic (exact) mass is 446 g/mol. The van der Waals surface area contributed by atoms with E-state index in [2.05, 4.69) is 20.4 Å². The summed E-state index contributed by atoms with van der Waals surface area (Å²) < 4.78 is 33.3. The Morgan fingerprint density at radius 3 is 2.72 bits per heavy atom. The quantitative estimate of drug-likeness (QED) is 0.566. The minimum absolute atomic E-state index is 0. The highest BCUT2D eigenvalue weighted by Crippen LogP contribution is 2.28. The molecule has 154 valence electrons. The summed E-state index contributed by atoms with van der Waals surface area (Å²) in [7, 11) is 0. The van der Waals surface area contributed by atoms with Gasteiger partial charge in [0, 0.05) is 18.3 Å². The third kappa shape index (κ3) is 5.79. The van der Waals surface area contributed by atoms with Crippen LogP contribution in [0.5, 0.6) is 11.6 Å². The minimum Gasteiger partial charge on any atom is -0.481 e. The lowest BCUT2D eigenvalue weighted by atomic mass is 10.2. The number of halogens is 4. The number of nitrogens with two attached hydrogens (primary N) is 1. The van der Waals surface area contributed by atoms with Crippen molar-refractivity contribution in [2.75, 3.05) is 0 Å². The number of aliphatic carboxylic acids is 1. The Bertz CT molecular complexity index is 1020. The zero-order valence-corrected chi connectivity index (χ0v) is 16.1. The van der Waals surface area contributed by atoms with E-state index in [1.807, 2.05) is 0 Å². The second-order valence-electron chi connectivity index (χ2n) is 5.71. The molecule has 9 nitrogen and oxygen atoms in total. The van der Waals surface area contributed by atoms with Gasteiger partial charge < -0.3 is 15.6 Å². The highest BCUT2D eigenvalue weighted by atomic mass is 35.5. The first kappa shape index (κ1) is 22.4. The molecular weight excluding hydrogens is 433 g/mol. The molecule has 0 radical (unpaired) electrons. The Labute approximate surface area is 173 Å². The SMILES string of the molecule is Cl.NC(CC(=O)O)Cn1nnc(-c2ccc(Oc3ncc(Cl)cc3F)cc2F)n1. The van der Waals surface area contributed by atoms with Crippen LogP contribution in [0.1, 0.15) is 6.42 Å². The fourth-order valence-corrected chi connectivity index (χ4v) is 2.40. The molecule has 0 saturated carbocycles. The second kappa shape index (κ2) is 9.54. The molecule has 3 aromatic rings. The number of pyridine rings is 1. The maximum absolute atomic E-state index is 14.4. The van der Waals surface area contributed by atoms with Crippen molar-refractivity contribution in [3.05, 3.63) is 47.1 Å². The van der Waals surface area contributed by atoms with E-state index in [1.165, 1.54) is 18.3 Å². The van der Waals surface area contributed by atoms with Gasteiger partial charge >= 0.3 is 5.97 Å². The number of benzene rings is 1. The van der Waals surface area contributed by atoms with Gasteiger partial charge in [0.15, 0.2) is 5.82 Å². The van der Waals surface area contributed by atoms with Crippen LogP contribution in [0.4, 0.5) is 8.78 Å². The average molecular weight is 447 g/mol. The summed E-state index contributed by atoms with van der Waals surface area (Å²) in [5, 5.41) is 20.2. The number of carboxylic acids is 1. The van der Waals surface area contributed by atoms with Crippen LogP contribution in [0.25, 0.3) is 11.4 Å². The number of carbonyl (C=O) groups is 1. The van der Waals surface area contributed by atoms with Crippen LogP contribution in [0.2, 0.25) is 5.02 Å². The zero-order valence-electron chi connectivity index (χ0n) is 14.5. The molecule has 0 aliphatic rings. The number of aromatic nitrogens is 5. The summed E-state index contributed by atoms with van der Waals surface area (Å²) in [6.45, 7) is 0.00360. The molecule has 0 aliphatic heterocycles. The van der Waals surface area contributed by atoms with Crippen molar-refractivity contribution in [1.82, 2.24) is 25.2 Å². The largest absolute Gasteiger partial charge is 0.481 e. The van der Waals surface area contributed by atoms with Crippen molar-refractivity contribution < 1.29 is 23.4 Å². The lowest BCUT2D eigenvalue weighted by Crippen LogP contribution is -2.30. The maximum atomic E-state index is 14.4. The molecule has 1 unspecified atom stereocenters. The first-order valence-electron chi connectivity index (χ1n) is 7.86. The van der Waals surface area contributed by atoms with Gasteiger partial charge in [-0.1, -0.05) is 11.6 Å². The van der Waals surface area contributed by atoms with Gasteiger partial charge in [-0.2, -0.15) is 4.80 Å². The lowest BCUT2D eigenvalue weighted by molar-refractivity contribution is -0.137. The van der Waals surface area contributed by atoms with Gasteiger partial charge in [0.25, 0.3) is 5.88 Å². The van der Waals surface area contributed by atoms with Crippen LogP contribution < -0.4 is 10.5 Å². The number of tetrazole rings is 1. The zero-order chi connectivity index (χ0) is 20.3. The molecule has 1 aromatic carbocycles. The Balaban J connectivity index is 0.00000300. The van der Waals surface area contributed by atoms with Crippen LogP contribution >= 0.6 is 24.0 Å². The Morgan fingerprint density at radius 1 is 1.31 bits per heavy atom. The van der Waals surface area contributed by atoms with Gasteiger partial charge in [0.1, 0.15) is 11.6 Å². The molecule has 0 spiro atoms. The first-order valence-corrected chi connectivity index (χ1v) is 8.23. The van der Waals surface area contributed by atoms with Gasteiger partial charge in [0.05, 0.1) is 23.6 Å². The molecular formula is C16H14Cl2F2N6O3. The standard InChI is InChI=1S/C16H13ClF2N6O3.ClH/c17-8-3-13(19)16(21-6-8)28-10-1-2-11(12(18)5-10)15-22-24-25(23-15)7-9(20)4-14(26)27;/h1-3,5-6,9H,4,7,20H2,(H,26,27);1H. The van der Waals surface area contributed by atoms with Crippen LogP contribution in [0, 0.1) is 11.6 Å². The average Bonchev–Trinajstić information content (AvgIpc) is 3.04. The number of nitrogens with zero attached hydrogens (tertiary/aromatic N) is 5. The molecule has 3 rings (SSSR count). The molecule has 13 heteroatoms. The predicted octanol–water partition coefficient (Wildman–Crippen LogP) is 2.68. The lowest BCUT2D eigenvalue weighted by Gasteiger charge is -2.07. The third-order valence-electron chi connectivity index (χ3n) is 3.46. The molecule has 1 atom stereocenters. The van der Waals surface area contributed by atoms with Gasteiger partial charge in [-0.25, -0.2) is 13.8 Å². The Kier molecular flexibility index (Phi) is 7.37. The fraction of sp³-hybridized carbons (Fsp3) is 0.188. The van der Waals surface area contributed by atoms with Crippen molar-refractivity contribution in [3.63, 3.8) is 0 Å². The number of rotatable bonds is 7. The molecule has 3 N–H and O–H groups in total. The number of carboxylic acid groups (broad SMARTS) is 1. The predicted molar refractivity (Wildman–Crippen MR) is 100.0 cm³/mol. The number of hydrogen-bond acceptors (Lipinski definition) is 7. The molecule has 0 saturated heterocycles. The molecule has 2 aromatic heterocycles. The minimum atomic E-state index is -1.05. The van der Waals surface area contributed by atoms with Crippen LogP contribution in [-0.4, -0.2) is 42.3 Å². The topological polar surface area (TPSA) is 129 Å². The highest BCUT2D eigenvalue weighted by molar-refractivity contribution is 6.30. The van der Waals surface area contributed by atoms with Gasteiger partial charge in [-0.15, -0.1) is 22.6 Å². The second-order valence-corrected chi connectivity index (χ2v) is 6.15. The third-order valence-corrected chi connectivity index (χ3v) is 3.66. The van der Waals surface area contributed by atoms with E-state index in [0.717, 1.165) is 16.9 Å². The van der Waals surface area contributed by atoms with Crippen molar-refractivity contribution in [3.8, 4) is 23.0 Å². The van der Waals surface area contributed by atoms with Crippen molar-refractivity contribution >= 4 is 30.0 Å². The highest BCUT2D eigenvalue weighted by Gasteiger charge is 2.16. The van der Waals surface area contributed by atoms with Crippen molar-refractivity contribution in [2.24, 2.45) is 5.73 Å². The van der Waals surface area contributed by atoms with E-state index < -0.39 is 23.6 Å². The van der Waals surface area contributed by atoms with E-state index in [1.54, 1.807) is 0 Å². The van der Waals surface area contributed by atoms with E-state index in [0.29, 0.717) is 0 Å². The molecule has 2 heterocycles. The van der Waals surface area contributed by atoms with Crippen LogP contribution in [-0.2, 0) is 11.3 Å². The van der Waals surface area contributed by atoms with Gasteiger partial charge in [0.2, 0.25) is 5.82 Å². The van der Waals surface area contributed by atoms with E-state index >= 15 is 0 Å². The first-order chi connectivity index (χ1) is 13.3. The molecule has 0 fully saturated rings. The number of ether oxygens (including phenoxy) is 1. The smallest absolute Gasteiger partial charge is 0.304 e. The summed E-state index contributed by atoms with van der Waals surface area (Å²) in [6.07, 6.45) is 0.925. The van der Waals surface area contributed by atoms with Crippen LogP contribution in [0.3, 0.4) is 0 Å². The molecule has 0 amide bonds. The molecule has 0 bridgehead atoms. The van der Waals surface area contributed by atoms with Crippen molar-refractivity contribution in [1.29, 1.82) is 0 Å². The summed E-state index contributed by atoms with van der Waals surface area (Å²) in [5.74, 6) is -2.96. The summed E-state index contributed by atoms with van der Waals surface area (Å²) in [4.78, 5) is 15.4. The van der Waals surface area contributed by atoms with Crippen molar-refractivity contribution in [2.45, 2.75) is 19.0 Å². The van der Waals surface area contributed by atoms with Gasteiger partial charge in [-0.05, 0) is 23.4 Å². The normalized spacial score (nSPS) is 11.6. The molecule has 29 heavy (non-hydrogen) atoms. The summed E-state index contributed by atoms with van der Waals surface area (Å²) >= 11 is 5.62. The van der Waals surface area contributed by atoms with E-state index in [9.17, 15) is 13.6 Å². The fourth-order valence-electron chi connectivity index (χ4n) is 2.26. The Morgan fingerprint density at radius 2 is 2.07 bits per heavy atom. The number of hydrogen-bond donors (Lipinski definition) is 2. The summed E-state index contributed by atoms with van der Waals surface area (Å²) in [5.41, 5.74) is 5.68. The van der Waals surface area contributed by atoms with Gasteiger partial charge in [-0.3, -0.25) is 4.79 Å². The van der Waals surface area contributed by atoms with Crippen LogP contribution in [0.15, 0.2) is 30.5 Å². The summed E-state index contributed by atoms with van der Waals surface area (Å²) in [6, 6.07) is 4.03. The maximum Gasteiger partial charge on any atom is 0.304 e. The van der Waals surface area contributed by atoms with E-state index in [4.69, 9.17) is 27.2 Å².